The molecular weight excluding hydrogens is 607 g/mol. The number of terminal acetylenes is 1. The molecule has 0 saturated carbocycles. The zero-order chi connectivity index (χ0) is 26.3. The molecule has 5 aromatic rings. The number of hydrogen-bond acceptors (Lipinski definition) is 1. The molecular formula is C34H25IOSi2. The Bertz CT molecular complexity index is 1520. The first-order valence-corrected chi connectivity index (χ1v) is 17.3. The first kappa shape index (κ1) is 26.0. The van der Waals surface area contributed by atoms with Crippen molar-refractivity contribution in [2.75, 3.05) is 0 Å². The van der Waals surface area contributed by atoms with E-state index in [2.05, 4.69) is 125 Å². The lowest BCUT2D eigenvalue weighted by atomic mass is 10.2. The molecule has 0 N–H and O–H groups in total. The van der Waals surface area contributed by atoms with Gasteiger partial charge < -0.3 is 4.12 Å². The number of hydrogen-bond donors (Lipinski definition) is 0. The average molecular weight is 633 g/mol. The number of halogens is 1. The van der Waals surface area contributed by atoms with E-state index in [9.17, 15) is 0 Å². The summed E-state index contributed by atoms with van der Waals surface area (Å²) in [7, 11) is -6.41. The fourth-order valence-electron chi connectivity index (χ4n) is 4.57. The topological polar surface area (TPSA) is 9.23 Å². The molecule has 0 fully saturated rings. The highest BCUT2D eigenvalue weighted by Gasteiger charge is 2.50. The molecule has 0 amide bonds. The molecule has 0 aliphatic rings. The van der Waals surface area contributed by atoms with Crippen LogP contribution in [0.1, 0.15) is 5.56 Å². The molecule has 0 unspecified atom stereocenters. The molecule has 0 heterocycles. The van der Waals surface area contributed by atoms with Gasteiger partial charge in [0.05, 0.1) is 0 Å². The van der Waals surface area contributed by atoms with Crippen LogP contribution in [0.3, 0.4) is 0 Å². The summed E-state index contributed by atoms with van der Waals surface area (Å²) < 4.78 is 8.75. The Morgan fingerprint density at radius 1 is 0.500 bits per heavy atom. The van der Waals surface area contributed by atoms with Gasteiger partial charge in [-0.3, -0.25) is 0 Å². The molecule has 0 bridgehead atoms. The molecule has 5 aromatic carbocycles. The Balaban J connectivity index is 1.84. The highest BCUT2D eigenvalue weighted by atomic mass is 127. The van der Waals surface area contributed by atoms with Crippen LogP contribution in [0, 0.1) is 27.0 Å². The predicted octanol–water partition coefficient (Wildman–Crippen LogP) is 4.89. The quantitative estimate of drug-likeness (QED) is 0.147. The smallest absolute Gasteiger partial charge is 0.328 e. The Kier molecular flexibility index (Phi) is 8.07. The molecule has 0 aliphatic carbocycles. The van der Waals surface area contributed by atoms with Gasteiger partial charge in [-0.2, -0.15) is 0 Å². The Morgan fingerprint density at radius 3 is 1.26 bits per heavy atom. The highest BCUT2D eigenvalue weighted by molar-refractivity contribution is 14.1. The monoisotopic (exact) mass is 632 g/mol. The Hall–Kier alpha value is -3.66. The van der Waals surface area contributed by atoms with Gasteiger partial charge in [-0.05, 0) is 55.5 Å². The normalized spacial score (nSPS) is 11.2. The molecule has 0 spiro atoms. The maximum atomic E-state index is 7.65. The Labute approximate surface area is 241 Å². The van der Waals surface area contributed by atoms with E-state index < -0.39 is 16.6 Å². The van der Waals surface area contributed by atoms with E-state index in [4.69, 9.17) is 10.5 Å². The van der Waals surface area contributed by atoms with Gasteiger partial charge in [-0.15, -0.1) is 6.42 Å². The van der Waals surface area contributed by atoms with E-state index in [0.717, 1.165) is 29.9 Å². The van der Waals surface area contributed by atoms with Crippen LogP contribution in [0.15, 0.2) is 146 Å². The zero-order valence-electron chi connectivity index (χ0n) is 20.7. The lowest BCUT2D eigenvalue weighted by Gasteiger charge is -2.37. The third kappa shape index (κ3) is 5.18. The van der Waals surface area contributed by atoms with Crippen molar-refractivity contribution in [1.29, 1.82) is 0 Å². The molecule has 4 heteroatoms. The van der Waals surface area contributed by atoms with Gasteiger partial charge in [0, 0.05) is 9.13 Å². The van der Waals surface area contributed by atoms with Gasteiger partial charge in [0.2, 0.25) is 0 Å². The van der Waals surface area contributed by atoms with E-state index in [1.54, 1.807) is 0 Å². The van der Waals surface area contributed by atoms with Gasteiger partial charge in [0.25, 0.3) is 0 Å². The van der Waals surface area contributed by atoms with Crippen molar-refractivity contribution < 1.29 is 4.12 Å². The van der Waals surface area contributed by atoms with E-state index in [1.807, 2.05) is 60.7 Å². The summed E-state index contributed by atoms with van der Waals surface area (Å²) in [6, 6.07) is 49.6. The van der Waals surface area contributed by atoms with E-state index in [1.165, 1.54) is 0 Å². The van der Waals surface area contributed by atoms with Crippen molar-refractivity contribution in [3.05, 3.63) is 155 Å². The zero-order valence-corrected chi connectivity index (χ0v) is 24.9. The van der Waals surface area contributed by atoms with Crippen LogP contribution in [0.2, 0.25) is 0 Å². The van der Waals surface area contributed by atoms with Crippen molar-refractivity contribution in [2.45, 2.75) is 0 Å². The number of benzene rings is 5. The summed E-state index contributed by atoms with van der Waals surface area (Å²) >= 11 is 2.34. The summed E-state index contributed by atoms with van der Waals surface area (Å²) in [6.45, 7) is 0. The lowest BCUT2D eigenvalue weighted by molar-refractivity contribution is 0.603. The fourth-order valence-corrected chi connectivity index (χ4v) is 13.5. The van der Waals surface area contributed by atoms with Crippen LogP contribution >= 0.6 is 22.6 Å². The maximum absolute atomic E-state index is 7.65. The van der Waals surface area contributed by atoms with Gasteiger partial charge in [-0.25, -0.2) is 0 Å². The van der Waals surface area contributed by atoms with Crippen molar-refractivity contribution >= 4 is 60.0 Å². The summed E-state index contributed by atoms with van der Waals surface area (Å²) in [6.07, 6.45) is 6.53. The largest absolute Gasteiger partial charge is 0.424 e. The maximum Gasteiger partial charge on any atom is 0.328 e. The molecule has 1 nitrogen and oxygen atoms in total. The minimum atomic E-state index is -3.22. The second-order valence-electron chi connectivity index (χ2n) is 8.80. The first-order chi connectivity index (χ1) is 18.7. The van der Waals surface area contributed by atoms with E-state index >= 15 is 0 Å². The van der Waals surface area contributed by atoms with E-state index in [-0.39, 0.29) is 0 Å². The molecule has 0 radical (unpaired) electrons. The fraction of sp³-hybridized carbons (Fsp3) is 0. The van der Waals surface area contributed by atoms with Gasteiger partial charge in [0.15, 0.2) is 0 Å². The second kappa shape index (κ2) is 11.8. The molecule has 0 aliphatic heterocycles. The lowest BCUT2D eigenvalue weighted by Crippen LogP contribution is -2.72. The minimum Gasteiger partial charge on any atom is -0.424 e. The summed E-state index contributed by atoms with van der Waals surface area (Å²) in [5.74, 6) is 3.53. The minimum absolute atomic E-state index is 0.979. The van der Waals surface area contributed by atoms with Crippen molar-refractivity contribution in [1.82, 2.24) is 0 Å². The molecule has 38 heavy (non-hydrogen) atoms. The van der Waals surface area contributed by atoms with Crippen LogP contribution in [0.4, 0.5) is 0 Å². The second-order valence-corrected chi connectivity index (χ2v) is 16.4. The molecule has 0 atom stereocenters. The van der Waals surface area contributed by atoms with Crippen LogP contribution in [-0.4, -0.2) is 16.6 Å². The van der Waals surface area contributed by atoms with Crippen molar-refractivity contribution in [3.8, 4) is 23.4 Å². The molecule has 0 saturated heterocycles. The van der Waals surface area contributed by atoms with Gasteiger partial charge >= 0.3 is 16.6 Å². The standard InChI is InChI=1S/C34H25IOSi2/c1-2-37(30-18-7-3-8-19-30,31-20-9-4-10-21-31)36-38(32-22-11-5-12-23-32,33-24-13-6-14-25-33)28-27-29-17-15-16-26-34(29)35/h1,3-26H. The molecule has 182 valence electrons. The van der Waals surface area contributed by atoms with Crippen molar-refractivity contribution in [3.63, 3.8) is 0 Å². The molecule has 0 aromatic heterocycles. The molecule has 5 rings (SSSR count). The Morgan fingerprint density at radius 2 is 0.868 bits per heavy atom. The van der Waals surface area contributed by atoms with Gasteiger partial charge in [0.1, 0.15) is 0 Å². The van der Waals surface area contributed by atoms with Crippen LogP contribution in [0.5, 0.6) is 0 Å². The third-order valence-corrected chi connectivity index (χ3v) is 15.3. The SMILES string of the molecule is C#C[Si](O[Si](C#Cc1ccccc1I)(c1ccccc1)c1ccccc1)(c1ccccc1)c1ccccc1. The predicted molar refractivity (Wildman–Crippen MR) is 172 cm³/mol. The average Bonchev–Trinajstić information content (AvgIpc) is 3.00. The van der Waals surface area contributed by atoms with E-state index in [0.29, 0.717) is 0 Å². The first-order valence-electron chi connectivity index (χ1n) is 12.4. The summed E-state index contributed by atoms with van der Waals surface area (Å²) in [5, 5.41) is 4.22. The highest BCUT2D eigenvalue weighted by Crippen LogP contribution is 2.18. The number of rotatable bonds is 6. The van der Waals surface area contributed by atoms with Crippen molar-refractivity contribution in [2.24, 2.45) is 0 Å². The summed E-state index contributed by atoms with van der Waals surface area (Å²) in [4.78, 5) is 0. The van der Waals surface area contributed by atoms with Gasteiger partial charge in [-0.1, -0.05) is 150 Å². The van der Waals surface area contributed by atoms with Crippen LogP contribution < -0.4 is 20.7 Å². The third-order valence-electron chi connectivity index (χ3n) is 6.48. The van der Waals surface area contributed by atoms with Crippen LogP contribution in [0.25, 0.3) is 0 Å². The van der Waals surface area contributed by atoms with Crippen LogP contribution in [-0.2, 0) is 4.12 Å². The summed E-state index contributed by atoms with van der Waals surface area (Å²) in [5.41, 5.74) is 7.97.